The normalized spacial score (nSPS) is 14.4. The number of nitrogens with one attached hydrogen (secondary N) is 1. The van der Waals surface area contributed by atoms with Gasteiger partial charge in [0, 0.05) is 18.5 Å². The van der Waals surface area contributed by atoms with Crippen LogP contribution in [0.25, 0.3) is 11.5 Å². The van der Waals surface area contributed by atoms with Gasteiger partial charge in [-0.3, -0.25) is 4.79 Å². The van der Waals surface area contributed by atoms with Crippen molar-refractivity contribution in [1.82, 2.24) is 10.3 Å². The van der Waals surface area contributed by atoms with Gasteiger partial charge < -0.3 is 19.2 Å². The molecule has 1 N–H and O–H groups in total. The fourth-order valence-electron chi connectivity index (χ4n) is 3.56. The zero-order valence-electron chi connectivity index (χ0n) is 17.5. The highest BCUT2D eigenvalue weighted by Gasteiger charge is 2.33. The number of pyridine rings is 1. The molecule has 0 unspecified atom stereocenters. The molecule has 0 atom stereocenters. The quantitative estimate of drug-likeness (QED) is 0.656. The van der Waals surface area contributed by atoms with Gasteiger partial charge in [-0.25, -0.2) is 4.98 Å². The molecule has 1 aliphatic heterocycles. The zero-order valence-corrected chi connectivity index (χ0v) is 17.5. The predicted molar refractivity (Wildman–Crippen MR) is 113 cm³/mol. The number of nitrogens with zero attached hydrogens (tertiary/aromatic N) is 2. The van der Waals surface area contributed by atoms with E-state index in [1.54, 1.807) is 18.4 Å². The van der Waals surface area contributed by atoms with Gasteiger partial charge in [-0.15, -0.1) is 0 Å². The van der Waals surface area contributed by atoms with Crippen LogP contribution in [0.5, 0.6) is 5.88 Å². The lowest BCUT2D eigenvalue weighted by Gasteiger charge is -2.33. The van der Waals surface area contributed by atoms with Crippen molar-refractivity contribution in [3.05, 3.63) is 71.0 Å². The lowest BCUT2D eigenvalue weighted by molar-refractivity contribution is -0.123. The van der Waals surface area contributed by atoms with Crippen molar-refractivity contribution in [3.63, 3.8) is 0 Å². The topological polar surface area (TPSA) is 97.4 Å². The Morgan fingerprint density at radius 3 is 2.74 bits per heavy atom. The second-order valence-electron chi connectivity index (χ2n) is 7.96. The maximum atomic E-state index is 12.3. The van der Waals surface area contributed by atoms with Gasteiger partial charge in [0.25, 0.3) is 5.91 Å². The first-order chi connectivity index (χ1) is 15.0. The molecular formula is C24H23N3O4. The molecule has 7 heteroatoms. The van der Waals surface area contributed by atoms with Crippen molar-refractivity contribution in [2.24, 2.45) is 0 Å². The molecule has 31 heavy (non-hydrogen) atoms. The predicted octanol–water partition coefficient (Wildman–Crippen LogP) is 3.76. The summed E-state index contributed by atoms with van der Waals surface area (Å²) in [4.78, 5) is 16.8. The monoisotopic (exact) mass is 417 g/mol. The second-order valence-corrected chi connectivity index (χ2v) is 7.96. The highest BCUT2D eigenvalue weighted by Crippen LogP contribution is 2.38. The number of hydrogen-bond acceptors (Lipinski definition) is 6. The highest BCUT2D eigenvalue weighted by atomic mass is 16.5. The third kappa shape index (κ3) is 4.60. The summed E-state index contributed by atoms with van der Waals surface area (Å²) in [5.74, 6) is 0.387. The van der Waals surface area contributed by atoms with Crippen molar-refractivity contribution in [1.29, 1.82) is 5.26 Å². The molecule has 0 saturated heterocycles. The molecule has 158 valence electrons. The summed E-state index contributed by atoms with van der Waals surface area (Å²) in [5, 5.41) is 12.7. The molecule has 0 spiro atoms. The van der Waals surface area contributed by atoms with Gasteiger partial charge >= 0.3 is 0 Å². The van der Waals surface area contributed by atoms with Crippen LogP contribution in [0.4, 0.5) is 0 Å². The van der Waals surface area contributed by atoms with Gasteiger partial charge in [0.15, 0.2) is 12.4 Å². The molecular weight excluding hydrogens is 394 g/mol. The van der Waals surface area contributed by atoms with E-state index in [1.165, 1.54) is 0 Å². The third-order valence-corrected chi connectivity index (χ3v) is 5.13. The highest BCUT2D eigenvalue weighted by molar-refractivity contribution is 5.77. The van der Waals surface area contributed by atoms with E-state index in [0.29, 0.717) is 36.6 Å². The number of fused-ring (bicyclic) bond motifs is 1. The molecule has 4 rings (SSSR count). The zero-order chi connectivity index (χ0) is 21.8. The minimum Gasteiger partial charge on any atom is -0.467 e. The minimum atomic E-state index is -0.426. The van der Waals surface area contributed by atoms with E-state index in [1.807, 2.05) is 44.2 Å². The largest absolute Gasteiger partial charge is 0.467 e. The van der Waals surface area contributed by atoms with Crippen molar-refractivity contribution >= 4 is 5.91 Å². The number of benzene rings is 1. The van der Waals surface area contributed by atoms with Crippen LogP contribution >= 0.6 is 0 Å². The lowest BCUT2D eigenvalue weighted by atomic mass is 9.88. The van der Waals surface area contributed by atoms with Gasteiger partial charge in [0.05, 0.1) is 18.5 Å². The number of carbonyl (C=O) groups is 1. The SMILES string of the molecule is CC1(C)Cc2c(C#N)c(OCC(=O)NCc3ccccc3)nc(-c3ccco3)c2CO1. The molecule has 3 aromatic rings. The molecule has 0 radical (unpaired) electrons. The number of rotatable bonds is 6. The van der Waals surface area contributed by atoms with E-state index in [-0.39, 0.29) is 18.4 Å². The first-order valence-corrected chi connectivity index (χ1v) is 10.0. The van der Waals surface area contributed by atoms with E-state index in [2.05, 4.69) is 16.4 Å². The Hall–Kier alpha value is -3.63. The van der Waals surface area contributed by atoms with Gasteiger partial charge in [-0.2, -0.15) is 5.26 Å². The summed E-state index contributed by atoms with van der Waals surface area (Å²) < 4.78 is 17.2. The fourth-order valence-corrected chi connectivity index (χ4v) is 3.56. The Balaban J connectivity index is 1.59. The van der Waals surface area contributed by atoms with Crippen molar-refractivity contribution < 1.29 is 18.7 Å². The van der Waals surface area contributed by atoms with Gasteiger partial charge in [0.1, 0.15) is 17.3 Å². The van der Waals surface area contributed by atoms with Gasteiger partial charge in [0.2, 0.25) is 5.88 Å². The van der Waals surface area contributed by atoms with Gasteiger partial charge in [-0.1, -0.05) is 30.3 Å². The van der Waals surface area contributed by atoms with Crippen LogP contribution in [-0.2, 0) is 29.1 Å². The molecule has 1 aliphatic rings. The molecule has 3 heterocycles. The first kappa shape index (κ1) is 20.6. The van der Waals surface area contributed by atoms with Gasteiger partial charge in [-0.05, 0) is 37.1 Å². The number of furan rings is 1. The number of aromatic nitrogens is 1. The molecule has 0 aliphatic carbocycles. The summed E-state index contributed by atoms with van der Waals surface area (Å²) in [7, 11) is 0. The maximum Gasteiger partial charge on any atom is 0.258 e. The number of carbonyl (C=O) groups excluding carboxylic acids is 1. The Morgan fingerprint density at radius 1 is 1.23 bits per heavy atom. The molecule has 0 bridgehead atoms. The lowest BCUT2D eigenvalue weighted by Crippen LogP contribution is -2.33. The van der Waals surface area contributed by atoms with E-state index in [0.717, 1.165) is 16.7 Å². The van der Waals surface area contributed by atoms with Crippen LogP contribution in [0.2, 0.25) is 0 Å². The summed E-state index contributed by atoms with van der Waals surface area (Å²) in [6, 6.07) is 15.4. The average molecular weight is 417 g/mol. The van der Waals surface area contributed by atoms with Crippen LogP contribution in [-0.4, -0.2) is 23.1 Å². The van der Waals surface area contributed by atoms with Crippen LogP contribution in [0.3, 0.4) is 0 Å². The standard InChI is InChI=1S/C24H23N3O4/c1-24(2)11-17-18(12-25)23(27-22(19(17)14-31-24)20-9-6-10-29-20)30-15-21(28)26-13-16-7-4-3-5-8-16/h3-10H,11,13-15H2,1-2H3,(H,26,28). The van der Waals surface area contributed by atoms with Crippen molar-refractivity contribution in [3.8, 4) is 23.4 Å². The van der Waals surface area contributed by atoms with Crippen molar-refractivity contribution in [2.75, 3.05) is 6.61 Å². The summed E-state index contributed by atoms with van der Waals surface area (Å²) in [6.45, 7) is 4.42. The summed E-state index contributed by atoms with van der Waals surface area (Å²) in [5.41, 5.74) is 3.09. The first-order valence-electron chi connectivity index (χ1n) is 10.0. The van der Waals surface area contributed by atoms with Crippen LogP contribution in [0.15, 0.2) is 53.1 Å². The Labute approximate surface area is 180 Å². The average Bonchev–Trinajstić information content (AvgIpc) is 3.30. The third-order valence-electron chi connectivity index (χ3n) is 5.13. The van der Waals surface area contributed by atoms with Crippen LogP contribution in [0.1, 0.15) is 36.1 Å². The van der Waals surface area contributed by atoms with E-state index >= 15 is 0 Å². The number of ether oxygens (including phenoxy) is 2. The summed E-state index contributed by atoms with van der Waals surface area (Å²) in [6.07, 6.45) is 2.09. The molecule has 0 fully saturated rings. The molecule has 1 amide bonds. The Kier molecular flexibility index (Phi) is 5.74. The van der Waals surface area contributed by atoms with E-state index in [4.69, 9.17) is 13.9 Å². The maximum absolute atomic E-state index is 12.3. The Morgan fingerprint density at radius 2 is 2.03 bits per heavy atom. The molecule has 0 saturated carbocycles. The molecule has 2 aromatic heterocycles. The molecule has 1 aromatic carbocycles. The van der Waals surface area contributed by atoms with Crippen molar-refractivity contribution in [2.45, 2.75) is 39.0 Å². The number of amides is 1. The smallest absolute Gasteiger partial charge is 0.258 e. The number of nitriles is 1. The fraction of sp³-hybridized carbons (Fsp3) is 0.292. The molecule has 7 nitrogen and oxygen atoms in total. The number of hydrogen-bond donors (Lipinski definition) is 1. The van der Waals surface area contributed by atoms with Crippen LogP contribution in [0, 0.1) is 11.3 Å². The summed E-state index contributed by atoms with van der Waals surface area (Å²) >= 11 is 0. The van der Waals surface area contributed by atoms with E-state index < -0.39 is 5.60 Å². The van der Waals surface area contributed by atoms with E-state index in [9.17, 15) is 10.1 Å². The van der Waals surface area contributed by atoms with Crippen LogP contribution < -0.4 is 10.1 Å². The minimum absolute atomic E-state index is 0.125. The Bertz CT molecular complexity index is 1120. The second kappa shape index (κ2) is 8.62.